The zero-order valence-corrected chi connectivity index (χ0v) is 15.8. The zero-order valence-electron chi connectivity index (χ0n) is 14.9. The van der Waals surface area contributed by atoms with Crippen molar-refractivity contribution in [1.82, 2.24) is 33.9 Å². The first-order valence-electron chi connectivity index (χ1n) is 8.71. The molecule has 0 aliphatic heterocycles. The number of aryl methyl sites for hydroxylation is 1. The van der Waals surface area contributed by atoms with Crippen molar-refractivity contribution in [3.63, 3.8) is 0 Å². The van der Waals surface area contributed by atoms with Crippen molar-refractivity contribution in [2.45, 2.75) is 37.3 Å². The van der Waals surface area contributed by atoms with E-state index in [1.807, 2.05) is 33.3 Å². The van der Waals surface area contributed by atoms with Gasteiger partial charge in [-0.05, 0) is 18.6 Å². The summed E-state index contributed by atoms with van der Waals surface area (Å²) >= 11 is 1.53. The summed E-state index contributed by atoms with van der Waals surface area (Å²) in [6.07, 6.45) is 4.25. The van der Waals surface area contributed by atoms with Gasteiger partial charge in [0.25, 0.3) is 5.56 Å². The van der Waals surface area contributed by atoms with Crippen molar-refractivity contribution in [2.75, 3.05) is 0 Å². The van der Waals surface area contributed by atoms with Crippen molar-refractivity contribution >= 4 is 28.4 Å². The summed E-state index contributed by atoms with van der Waals surface area (Å²) in [5.41, 5.74) is 0.699. The molecule has 0 bridgehead atoms. The summed E-state index contributed by atoms with van der Waals surface area (Å²) in [5.74, 6) is 2.02. The molecule has 0 saturated heterocycles. The first kappa shape index (κ1) is 17.5. The highest BCUT2D eigenvalue weighted by atomic mass is 32.2. The van der Waals surface area contributed by atoms with Gasteiger partial charge in [0.2, 0.25) is 5.78 Å². The predicted molar refractivity (Wildman–Crippen MR) is 105 cm³/mol. The monoisotopic (exact) mass is 381 g/mol. The zero-order chi connectivity index (χ0) is 18.8. The van der Waals surface area contributed by atoms with E-state index >= 15 is 0 Å². The van der Waals surface area contributed by atoms with Crippen LogP contribution in [0.3, 0.4) is 0 Å². The SMILES string of the molecule is C=CCn1c(=O)c2ccccc2n2c(SCc3ncnn3CCC)nnc12. The summed E-state index contributed by atoms with van der Waals surface area (Å²) in [4.78, 5) is 17.2. The molecule has 138 valence electrons. The van der Waals surface area contributed by atoms with Crippen LogP contribution in [-0.4, -0.2) is 33.9 Å². The highest BCUT2D eigenvalue weighted by Gasteiger charge is 2.17. The number of fused-ring (bicyclic) bond motifs is 3. The Labute approximate surface area is 159 Å². The molecule has 0 fully saturated rings. The average molecular weight is 381 g/mol. The van der Waals surface area contributed by atoms with Crippen molar-refractivity contribution in [2.24, 2.45) is 0 Å². The summed E-state index contributed by atoms with van der Waals surface area (Å²) in [6.45, 7) is 7.06. The van der Waals surface area contributed by atoms with Gasteiger partial charge in [0.1, 0.15) is 12.2 Å². The van der Waals surface area contributed by atoms with E-state index < -0.39 is 0 Å². The minimum absolute atomic E-state index is 0.0929. The van der Waals surface area contributed by atoms with E-state index in [0.29, 0.717) is 28.6 Å². The summed E-state index contributed by atoms with van der Waals surface area (Å²) < 4.78 is 5.42. The van der Waals surface area contributed by atoms with E-state index in [-0.39, 0.29) is 5.56 Å². The molecule has 4 rings (SSSR count). The number of allylic oxidation sites excluding steroid dienone is 1. The molecule has 9 heteroatoms. The minimum atomic E-state index is -0.0929. The maximum Gasteiger partial charge on any atom is 0.263 e. The van der Waals surface area contributed by atoms with E-state index in [2.05, 4.69) is 33.8 Å². The summed E-state index contributed by atoms with van der Waals surface area (Å²) in [6, 6.07) is 7.50. The first-order chi connectivity index (χ1) is 13.2. The van der Waals surface area contributed by atoms with E-state index in [1.165, 1.54) is 11.8 Å². The van der Waals surface area contributed by atoms with Gasteiger partial charge in [-0.15, -0.1) is 16.8 Å². The maximum absolute atomic E-state index is 12.8. The Balaban J connectivity index is 1.81. The van der Waals surface area contributed by atoms with Crippen LogP contribution in [0.5, 0.6) is 0 Å². The molecule has 0 N–H and O–H groups in total. The molecular formula is C18H19N7OS. The molecule has 0 spiro atoms. The van der Waals surface area contributed by atoms with Gasteiger partial charge in [0.15, 0.2) is 5.16 Å². The fourth-order valence-corrected chi connectivity index (χ4v) is 3.94. The number of rotatable bonds is 7. The molecule has 8 nitrogen and oxygen atoms in total. The van der Waals surface area contributed by atoms with Gasteiger partial charge in [-0.2, -0.15) is 5.10 Å². The Kier molecular flexibility index (Phi) is 4.76. The second-order valence-electron chi connectivity index (χ2n) is 6.03. The maximum atomic E-state index is 12.8. The number of hydrogen-bond acceptors (Lipinski definition) is 6. The Morgan fingerprint density at radius 2 is 2.11 bits per heavy atom. The van der Waals surface area contributed by atoms with Crippen LogP contribution in [0.25, 0.3) is 16.7 Å². The highest BCUT2D eigenvalue weighted by molar-refractivity contribution is 7.98. The quantitative estimate of drug-likeness (QED) is 0.361. The largest absolute Gasteiger partial charge is 0.272 e. The Morgan fingerprint density at radius 3 is 2.93 bits per heavy atom. The number of aromatic nitrogens is 7. The fraction of sp³-hybridized carbons (Fsp3) is 0.278. The van der Waals surface area contributed by atoms with Gasteiger partial charge in [-0.25, -0.2) is 9.67 Å². The third-order valence-electron chi connectivity index (χ3n) is 4.25. The molecular weight excluding hydrogens is 362 g/mol. The predicted octanol–water partition coefficient (Wildman–Crippen LogP) is 2.52. The fourth-order valence-electron chi connectivity index (χ4n) is 3.05. The van der Waals surface area contributed by atoms with Gasteiger partial charge < -0.3 is 0 Å². The van der Waals surface area contributed by atoms with Crippen LogP contribution in [0.1, 0.15) is 19.2 Å². The van der Waals surface area contributed by atoms with Crippen LogP contribution in [0.15, 0.2) is 53.2 Å². The molecule has 27 heavy (non-hydrogen) atoms. The minimum Gasteiger partial charge on any atom is -0.272 e. The van der Waals surface area contributed by atoms with Crippen molar-refractivity contribution in [3.05, 3.63) is 59.4 Å². The molecule has 0 atom stereocenters. The standard InChI is InChI=1S/C18H19N7OS/c1-3-9-23-16(26)13-7-5-6-8-14(13)25-17(23)21-22-18(25)27-11-15-19-12-20-24(15)10-4-2/h3,5-8,12H,1,4,9-11H2,2H3. The lowest BCUT2D eigenvalue weighted by atomic mass is 10.2. The van der Waals surface area contributed by atoms with Gasteiger partial charge in [0.05, 0.1) is 16.7 Å². The second-order valence-corrected chi connectivity index (χ2v) is 6.97. The average Bonchev–Trinajstić information content (AvgIpc) is 3.30. The molecule has 0 aliphatic rings. The third kappa shape index (κ3) is 3.03. The topological polar surface area (TPSA) is 82.9 Å². The van der Waals surface area contributed by atoms with Gasteiger partial charge >= 0.3 is 0 Å². The number of thioether (sulfide) groups is 1. The lowest BCUT2D eigenvalue weighted by Gasteiger charge is -2.09. The van der Waals surface area contributed by atoms with Crippen LogP contribution >= 0.6 is 11.8 Å². The summed E-state index contributed by atoms with van der Waals surface area (Å²) in [7, 11) is 0. The molecule has 3 aromatic heterocycles. The molecule has 4 aromatic rings. The van der Waals surface area contributed by atoms with Crippen LogP contribution < -0.4 is 5.56 Å². The molecule has 0 amide bonds. The lowest BCUT2D eigenvalue weighted by Crippen LogP contribution is -2.22. The smallest absolute Gasteiger partial charge is 0.263 e. The number of benzene rings is 1. The summed E-state index contributed by atoms with van der Waals surface area (Å²) in [5, 5.41) is 14.2. The van der Waals surface area contributed by atoms with Gasteiger partial charge in [-0.1, -0.05) is 36.9 Å². The van der Waals surface area contributed by atoms with E-state index in [0.717, 1.165) is 24.3 Å². The Morgan fingerprint density at radius 1 is 1.26 bits per heavy atom. The number of hydrogen-bond donors (Lipinski definition) is 0. The van der Waals surface area contributed by atoms with Crippen LogP contribution in [0.4, 0.5) is 0 Å². The van der Waals surface area contributed by atoms with E-state index in [9.17, 15) is 4.79 Å². The number of nitrogens with zero attached hydrogens (tertiary/aromatic N) is 7. The second kappa shape index (κ2) is 7.36. The lowest BCUT2D eigenvalue weighted by molar-refractivity contribution is 0.581. The van der Waals surface area contributed by atoms with Crippen LogP contribution in [0.2, 0.25) is 0 Å². The molecule has 0 saturated carbocycles. The third-order valence-corrected chi connectivity index (χ3v) is 5.18. The molecule has 0 aliphatic carbocycles. The van der Waals surface area contributed by atoms with Gasteiger partial charge in [0, 0.05) is 13.1 Å². The van der Waals surface area contributed by atoms with Gasteiger partial charge in [-0.3, -0.25) is 13.8 Å². The molecule has 3 heterocycles. The highest BCUT2D eigenvalue weighted by Crippen LogP contribution is 2.24. The van der Waals surface area contributed by atoms with Crippen LogP contribution in [-0.2, 0) is 18.8 Å². The first-order valence-corrected chi connectivity index (χ1v) is 9.70. The van der Waals surface area contributed by atoms with Crippen molar-refractivity contribution in [1.29, 1.82) is 0 Å². The molecule has 0 radical (unpaired) electrons. The van der Waals surface area contributed by atoms with Crippen molar-refractivity contribution < 1.29 is 0 Å². The molecule has 1 aromatic carbocycles. The van der Waals surface area contributed by atoms with Crippen molar-refractivity contribution in [3.8, 4) is 0 Å². The Hall–Kier alpha value is -2.94. The normalized spacial score (nSPS) is 11.4. The molecule has 0 unspecified atom stereocenters. The van der Waals surface area contributed by atoms with E-state index in [1.54, 1.807) is 17.0 Å². The van der Waals surface area contributed by atoms with Crippen LogP contribution in [0, 0.1) is 0 Å². The number of para-hydroxylation sites is 1. The van der Waals surface area contributed by atoms with E-state index in [4.69, 9.17) is 0 Å². The Bertz CT molecular complexity index is 1170.